The molecule has 0 saturated heterocycles. The second-order valence-corrected chi connectivity index (χ2v) is 6.57. The van der Waals surface area contributed by atoms with Crippen LogP contribution in [0, 0.1) is 13.8 Å². The van der Waals surface area contributed by atoms with E-state index < -0.39 is 0 Å². The van der Waals surface area contributed by atoms with Crippen molar-refractivity contribution >= 4 is 23.2 Å². The molecular weight excluding hydrogens is 324 g/mol. The average molecular weight is 348 g/mol. The summed E-state index contributed by atoms with van der Waals surface area (Å²) in [5, 5.41) is 3.43. The van der Waals surface area contributed by atoms with Gasteiger partial charge in [-0.15, -0.1) is 0 Å². The van der Waals surface area contributed by atoms with Crippen molar-refractivity contribution < 1.29 is 14.4 Å². The van der Waals surface area contributed by atoms with Crippen LogP contribution >= 0.6 is 11.6 Å². The van der Waals surface area contributed by atoms with Crippen molar-refractivity contribution in [3.63, 3.8) is 0 Å². The van der Waals surface area contributed by atoms with E-state index in [1.165, 1.54) is 16.7 Å². The fourth-order valence-corrected chi connectivity index (χ4v) is 2.85. The maximum Gasteiger partial charge on any atom is 0.279 e. The fourth-order valence-electron chi connectivity index (χ4n) is 2.68. The van der Waals surface area contributed by atoms with Crippen LogP contribution in [0.5, 0.6) is 5.75 Å². The third-order valence-corrected chi connectivity index (χ3v) is 4.12. The van der Waals surface area contributed by atoms with Crippen molar-refractivity contribution in [1.29, 1.82) is 0 Å². The molecule has 1 atom stereocenters. The molecule has 5 heteroatoms. The van der Waals surface area contributed by atoms with Gasteiger partial charge in [-0.3, -0.25) is 4.79 Å². The van der Waals surface area contributed by atoms with Gasteiger partial charge in [-0.2, -0.15) is 0 Å². The van der Waals surface area contributed by atoms with Crippen molar-refractivity contribution in [2.75, 3.05) is 26.0 Å². The summed E-state index contributed by atoms with van der Waals surface area (Å²) in [7, 11) is 3.57. The summed E-state index contributed by atoms with van der Waals surface area (Å²) in [6, 6.07) is 11.6. The monoisotopic (exact) mass is 347 g/mol. The number of halogens is 1. The number of hydrogen-bond donors (Lipinski definition) is 2. The van der Waals surface area contributed by atoms with Crippen LogP contribution in [-0.4, -0.2) is 26.6 Å². The molecule has 0 bridgehead atoms. The number of aryl methyl sites for hydroxylation is 2. The molecule has 2 rings (SSSR count). The molecule has 2 N–H and O–H groups in total. The van der Waals surface area contributed by atoms with E-state index in [-0.39, 0.29) is 5.91 Å². The molecule has 0 heterocycles. The van der Waals surface area contributed by atoms with Crippen molar-refractivity contribution in [3.8, 4) is 5.75 Å². The highest BCUT2D eigenvalue weighted by molar-refractivity contribution is 6.31. The Morgan fingerprint density at radius 2 is 1.96 bits per heavy atom. The first-order valence-corrected chi connectivity index (χ1v) is 8.27. The number of anilines is 1. The number of carbonyl (C=O) groups excluding carboxylic acids is 1. The summed E-state index contributed by atoms with van der Waals surface area (Å²) in [5.41, 5.74) is 4.35. The van der Waals surface area contributed by atoms with Crippen LogP contribution in [0.3, 0.4) is 0 Å². The molecule has 0 spiro atoms. The van der Waals surface area contributed by atoms with Gasteiger partial charge in [0.1, 0.15) is 12.3 Å². The molecule has 2 aromatic carbocycles. The zero-order chi connectivity index (χ0) is 17.7. The van der Waals surface area contributed by atoms with E-state index >= 15 is 0 Å². The third-order valence-electron chi connectivity index (χ3n) is 3.89. The molecule has 0 saturated carbocycles. The Morgan fingerprint density at radius 3 is 2.62 bits per heavy atom. The normalized spacial score (nSPS) is 11.9. The Bertz CT molecular complexity index is 731. The Labute approximate surface area is 148 Å². The second kappa shape index (κ2) is 8.18. The molecule has 0 aliphatic rings. The van der Waals surface area contributed by atoms with E-state index in [0.717, 1.165) is 11.4 Å². The maximum atomic E-state index is 12.3. The van der Waals surface area contributed by atoms with Crippen molar-refractivity contribution in [3.05, 3.63) is 58.1 Å². The fraction of sp³-hybridized carbons (Fsp3) is 0.316. The lowest BCUT2D eigenvalue weighted by molar-refractivity contribution is -0.885. The van der Waals surface area contributed by atoms with E-state index in [1.807, 2.05) is 7.05 Å². The highest BCUT2D eigenvalue weighted by Gasteiger charge is 2.14. The van der Waals surface area contributed by atoms with Gasteiger partial charge in [-0.25, -0.2) is 0 Å². The molecule has 24 heavy (non-hydrogen) atoms. The predicted octanol–water partition coefficient (Wildman–Crippen LogP) is 2.62. The lowest BCUT2D eigenvalue weighted by atomic mass is 10.1. The lowest BCUT2D eigenvalue weighted by Crippen LogP contribution is -3.08. The smallest absolute Gasteiger partial charge is 0.279 e. The molecule has 0 fully saturated rings. The van der Waals surface area contributed by atoms with E-state index in [9.17, 15) is 4.79 Å². The van der Waals surface area contributed by atoms with Crippen LogP contribution in [-0.2, 0) is 11.3 Å². The van der Waals surface area contributed by atoms with Gasteiger partial charge in [0.05, 0.1) is 19.8 Å². The summed E-state index contributed by atoms with van der Waals surface area (Å²) in [6.45, 7) is 5.35. The molecule has 128 valence electrons. The first kappa shape index (κ1) is 18.3. The summed E-state index contributed by atoms with van der Waals surface area (Å²) < 4.78 is 5.25. The minimum atomic E-state index is -0.0715. The summed E-state index contributed by atoms with van der Waals surface area (Å²) in [4.78, 5) is 13.4. The Kier molecular flexibility index (Phi) is 6.23. The number of benzene rings is 2. The van der Waals surface area contributed by atoms with Gasteiger partial charge in [0.2, 0.25) is 0 Å². The number of methoxy groups -OCH3 is 1. The van der Waals surface area contributed by atoms with Gasteiger partial charge in [0, 0.05) is 10.6 Å². The Hall–Kier alpha value is -2.04. The first-order valence-electron chi connectivity index (χ1n) is 7.90. The van der Waals surface area contributed by atoms with E-state index in [4.69, 9.17) is 16.3 Å². The first-order chi connectivity index (χ1) is 11.4. The van der Waals surface area contributed by atoms with Gasteiger partial charge in [-0.05, 0) is 37.6 Å². The van der Waals surface area contributed by atoms with Crippen molar-refractivity contribution in [2.24, 2.45) is 0 Å². The summed E-state index contributed by atoms with van der Waals surface area (Å²) in [5.74, 6) is 0.526. The van der Waals surface area contributed by atoms with Gasteiger partial charge in [-0.1, -0.05) is 35.4 Å². The molecule has 0 aromatic heterocycles. The van der Waals surface area contributed by atoms with Crippen LogP contribution in [0.1, 0.15) is 16.7 Å². The van der Waals surface area contributed by atoms with Crippen molar-refractivity contribution in [2.45, 2.75) is 20.4 Å². The number of ether oxygens (including phenoxy) is 1. The molecule has 0 aliphatic carbocycles. The zero-order valence-electron chi connectivity index (χ0n) is 14.6. The number of hydrogen-bond acceptors (Lipinski definition) is 2. The van der Waals surface area contributed by atoms with Gasteiger partial charge < -0.3 is 15.0 Å². The zero-order valence-corrected chi connectivity index (χ0v) is 15.3. The second-order valence-electron chi connectivity index (χ2n) is 6.13. The molecule has 4 nitrogen and oxygen atoms in total. The highest BCUT2D eigenvalue weighted by atomic mass is 35.5. The van der Waals surface area contributed by atoms with Crippen LogP contribution < -0.4 is 15.0 Å². The minimum absolute atomic E-state index is 0.0715. The number of amides is 1. The number of rotatable bonds is 6. The minimum Gasteiger partial charge on any atom is -0.495 e. The topological polar surface area (TPSA) is 42.8 Å². The maximum absolute atomic E-state index is 12.3. The molecule has 1 unspecified atom stereocenters. The van der Waals surface area contributed by atoms with Crippen molar-refractivity contribution in [1.82, 2.24) is 0 Å². The SMILES string of the molecule is COc1ccc(Cl)cc1NC(=O)C[NH+](C)Cc1ccc(C)cc1C. The standard InChI is InChI=1S/C19H23ClN2O2/c1-13-5-6-15(14(2)9-13)11-22(3)12-19(23)21-17-10-16(20)7-8-18(17)24-4/h5-10H,11-12H2,1-4H3,(H,21,23)/p+1. The molecule has 2 aromatic rings. The number of quaternary nitrogens is 1. The van der Waals surface area contributed by atoms with Gasteiger partial charge >= 0.3 is 0 Å². The Morgan fingerprint density at radius 1 is 1.21 bits per heavy atom. The number of likely N-dealkylation sites (N-methyl/N-ethyl adjacent to an activating group) is 1. The number of carbonyl (C=O) groups is 1. The Balaban J connectivity index is 1.98. The van der Waals surface area contributed by atoms with Crippen LogP contribution in [0.25, 0.3) is 0 Å². The van der Waals surface area contributed by atoms with Gasteiger partial charge in [0.25, 0.3) is 5.91 Å². The van der Waals surface area contributed by atoms with Crippen LogP contribution in [0.2, 0.25) is 5.02 Å². The molecule has 0 radical (unpaired) electrons. The highest BCUT2D eigenvalue weighted by Crippen LogP contribution is 2.27. The van der Waals surface area contributed by atoms with E-state index in [1.54, 1.807) is 25.3 Å². The predicted molar refractivity (Wildman–Crippen MR) is 98.0 cm³/mol. The lowest BCUT2D eigenvalue weighted by Gasteiger charge is -2.16. The molecule has 0 aliphatic heterocycles. The largest absolute Gasteiger partial charge is 0.495 e. The van der Waals surface area contributed by atoms with E-state index in [2.05, 4.69) is 37.4 Å². The third kappa shape index (κ3) is 4.98. The molecular formula is C19H24ClN2O2+. The summed E-state index contributed by atoms with van der Waals surface area (Å²) in [6.07, 6.45) is 0. The quantitative estimate of drug-likeness (QED) is 0.843. The van der Waals surface area contributed by atoms with Crippen LogP contribution in [0.15, 0.2) is 36.4 Å². The van der Waals surface area contributed by atoms with E-state index in [0.29, 0.717) is 23.0 Å². The summed E-state index contributed by atoms with van der Waals surface area (Å²) >= 11 is 5.99. The molecule has 1 amide bonds. The van der Waals surface area contributed by atoms with Gasteiger partial charge in [0.15, 0.2) is 6.54 Å². The number of nitrogens with one attached hydrogen (secondary N) is 2. The van der Waals surface area contributed by atoms with Crippen LogP contribution in [0.4, 0.5) is 5.69 Å². The average Bonchev–Trinajstić information content (AvgIpc) is 2.50.